The first-order valence-electron chi connectivity index (χ1n) is 9.91. The van der Waals surface area contributed by atoms with Gasteiger partial charge in [0.2, 0.25) is 0 Å². The summed E-state index contributed by atoms with van der Waals surface area (Å²) >= 11 is 0. The Bertz CT molecular complexity index is 1220. The van der Waals surface area contributed by atoms with E-state index in [4.69, 9.17) is 4.74 Å². The predicted octanol–water partition coefficient (Wildman–Crippen LogP) is 3.62. The zero-order chi connectivity index (χ0) is 21.5. The highest BCUT2D eigenvalue weighted by Crippen LogP contribution is 2.33. The van der Waals surface area contributed by atoms with Crippen LogP contribution in [0.3, 0.4) is 0 Å². The summed E-state index contributed by atoms with van der Waals surface area (Å²) in [4.78, 5) is 40.6. The lowest BCUT2D eigenvalue weighted by molar-refractivity contribution is 0.0910. The molecule has 0 saturated carbocycles. The Labute approximate surface area is 174 Å². The van der Waals surface area contributed by atoms with Gasteiger partial charge in [-0.1, -0.05) is 44.2 Å². The van der Waals surface area contributed by atoms with E-state index >= 15 is 0 Å². The van der Waals surface area contributed by atoms with Crippen molar-refractivity contribution in [1.29, 1.82) is 0 Å². The van der Waals surface area contributed by atoms with Crippen LogP contribution in [0.1, 0.15) is 52.2 Å². The second-order valence-corrected chi connectivity index (χ2v) is 8.50. The minimum absolute atomic E-state index is 0.0535. The van der Waals surface area contributed by atoms with Gasteiger partial charge in [-0.25, -0.2) is 0 Å². The van der Waals surface area contributed by atoms with Gasteiger partial charge >= 0.3 is 0 Å². The van der Waals surface area contributed by atoms with Crippen LogP contribution < -0.4 is 15.6 Å². The zero-order valence-corrected chi connectivity index (χ0v) is 17.3. The number of Topliss-reactive ketones (excluding diaryl/α,β-unsaturated/α-hetero) is 1. The number of rotatable bonds is 4. The van der Waals surface area contributed by atoms with Crippen LogP contribution in [0.4, 0.5) is 0 Å². The van der Waals surface area contributed by atoms with Crippen LogP contribution in [-0.4, -0.2) is 23.8 Å². The second-order valence-electron chi connectivity index (χ2n) is 8.50. The molecule has 1 aromatic heterocycles. The number of carbonyl (C=O) groups is 2. The fourth-order valence-corrected chi connectivity index (χ4v) is 4.15. The highest BCUT2D eigenvalue weighted by atomic mass is 16.5. The number of methoxy groups -OCH3 is 1. The van der Waals surface area contributed by atoms with Gasteiger partial charge in [-0.2, -0.15) is 0 Å². The number of hydrogen-bond acceptors (Lipinski definition) is 4. The summed E-state index contributed by atoms with van der Waals surface area (Å²) in [5, 5.41) is 4.81. The lowest BCUT2D eigenvalue weighted by Gasteiger charge is -2.29. The van der Waals surface area contributed by atoms with Crippen LogP contribution in [0.15, 0.2) is 47.3 Å². The first kappa shape index (κ1) is 19.9. The average molecular weight is 404 g/mol. The van der Waals surface area contributed by atoms with E-state index in [0.29, 0.717) is 29.8 Å². The molecule has 3 aromatic rings. The Kier molecular flexibility index (Phi) is 4.94. The number of benzene rings is 2. The predicted molar refractivity (Wildman–Crippen MR) is 115 cm³/mol. The fourth-order valence-electron chi connectivity index (χ4n) is 4.15. The second kappa shape index (κ2) is 7.44. The van der Waals surface area contributed by atoms with Crippen molar-refractivity contribution in [2.75, 3.05) is 7.11 Å². The number of ether oxygens (including phenoxy) is 1. The highest BCUT2D eigenvalue weighted by molar-refractivity contribution is 6.02. The van der Waals surface area contributed by atoms with Crippen LogP contribution in [0.2, 0.25) is 0 Å². The van der Waals surface area contributed by atoms with Gasteiger partial charge in [0.05, 0.1) is 7.11 Å². The number of amides is 1. The summed E-state index contributed by atoms with van der Waals surface area (Å²) in [5.74, 6) is 0.0831. The van der Waals surface area contributed by atoms with E-state index in [0.717, 1.165) is 16.3 Å². The SMILES string of the molecule is COc1ccc2ccccc2c1CNC(=O)c1cc2c([nH]c1=O)CC(C)(C)CC2=O. The van der Waals surface area contributed by atoms with Crippen molar-refractivity contribution in [2.24, 2.45) is 5.41 Å². The smallest absolute Gasteiger partial charge is 0.261 e. The Hall–Kier alpha value is -3.41. The van der Waals surface area contributed by atoms with E-state index in [1.165, 1.54) is 6.07 Å². The maximum Gasteiger partial charge on any atom is 0.261 e. The number of fused-ring (bicyclic) bond motifs is 2. The molecule has 0 aliphatic heterocycles. The van der Waals surface area contributed by atoms with Crippen molar-refractivity contribution >= 4 is 22.5 Å². The summed E-state index contributed by atoms with van der Waals surface area (Å²) in [6.45, 7) is 4.18. The highest BCUT2D eigenvalue weighted by Gasteiger charge is 2.32. The fraction of sp³-hybridized carbons (Fsp3) is 0.292. The topological polar surface area (TPSA) is 88.3 Å². The summed E-state index contributed by atoms with van der Waals surface area (Å²) in [5.41, 5.74) is 1.12. The van der Waals surface area contributed by atoms with E-state index in [9.17, 15) is 14.4 Å². The lowest BCUT2D eigenvalue weighted by atomic mass is 9.75. The van der Waals surface area contributed by atoms with Gasteiger partial charge in [-0.15, -0.1) is 0 Å². The van der Waals surface area contributed by atoms with Crippen LogP contribution in [0.5, 0.6) is 5.75 Å². The van der Waals surface area contributed by atoms with Crippen molar-refractivity contribution in [3.05, 3.63) is 75.2 Å². The van der Waals surface area contributed by atoms with Gasteiger partial charge in [0, 0.05) is 29.8 Å². The van der Waals surface area contributed by atoms with E-state index in [2.05, 4.69) is 10.3 Å². The lowest BCUT2D eigenvalue weighted by Crippen LogP contribution is -2.34. The first-order chi connectivity index (χ1) is 14.3. The monoisotopic (exact) mass is 404 g/mol. The van der Waals surface area contributed by atoms with Crippen molar-refractivity contribution in [2.45, 2.75) is 33.2 Å². The third kappa shape index (κ3) is 3.61. The van der Waals surface area contributed by atoms with E-state index in [1.54, 1.807) is 7.11 Å². The third-order valence-electron chi connectivity index (χ3n) is 5.61. The van der Waals surface area contributed by atoms with E-state index < -0.39 is 11.5 Å². The van der Waals surface area contributed by atoms with Crippen LogP contribution in [0.25, 0.3) is 10.8 Å². The summed E-state index contributed by atoms with van der Waals surface area (Å²) in [7, 11) is 1.58. The number of nitrogens with one attached hydrogen (secondary N) is 2. The molecule has 0 fully saturated rings. The van der Waals surface area contributed by atoms with Gasteiger partial charge in [-0.05, 0) is 34.7 Å². The summed E-state index contributed by atoms with van der Waals surface area (Å²) in [6, 6.07) is 13.1. The van der Waals surface area contributed by atoms with Crippen LogP contribution in [0, 0.1) is 5.41 Å². The molecule has 4 rings (SSSR count). The molecule has 2 aromatic carbocycles. The number of H-pyrrole nitrogens is 1. The number of pyridine rings is 1. The molecular formula is C24H24N2O4. The molecule has 2 N–H and O–H groups in total. The van der Waals surface area contributed by atoms with E-state index in [-0.39, 0.29) is 23.3 Å². The largest absolute Gasteiger partial charge is 0.496 e. The van der Waals surface area contributed by atoms with Gasteiger partial charge < -0.3 is 15.0 Å². The number of aromatic nitrogens is 1. The standard InChI is InChI=1S/C24H24N2O4/c1-24(2)11-19-16(20(27)12-24)10-17(23(29)26-19)22(28)25-13-18-15-7-5-4-6-14(15)8-9-21(18)30-3/h4-10H,11-13H2,1-3H3,(H,25,28)(H,26,29). The number of carbonyl (C=O) groups excluding carboxylic acids is 2. The molecule has 154 valence electrons. The Morgan fingerprint density at radius 1 is 1.13 bits per heavy atom. The Balaban J connectivity index is 1.63. The van der Waals surface area contributed by atoms with Gasteiger partial charge in [-0.3, -0.25) is 14.4 Å². The molecular weight excluding hydrogens is 380 g/mol. The maximum atomic E-state index is 12.8. The maximum absolute atomic E-state index is 12.8. The first-order valence-corrected chi connectivity index (χ1v) is 9.91. The van der Waals surface area contributed by atoms with Crippen LogP contribution in [-0.2, 0) is 13.0 Å². The zero-order valence-electron chi connectivity index (χ0n) is 17.3. The summed E-state index contributed by atoms with van der Waals surface area (Å²) in [6.07, 6.45) is 0.985. The molecule has 0 bridgehead atoms. The van der Waals surface area contributed by atoms with Gasteiger partial charge in [0.25, 0.3) is 11.5 Å². The van der Waals surface area contributed by atoms with Crippen molar-refractivity contribution < 1.29 is 14.3 Å². The third-order valence-corrected chi connectivity index (χ3v) is 5.61. The normalized spacial score (nSPS) is 15.0. The quantitative estimate of drug-likeness (QED) is 0.695. The molecule has 0 radical (unpaired) electrons. The van der Waals surface area contributed by atoms with Crippen molar-refractivity contribution in [1.82, 2.24) is 10.3 Å². The van der Waals surface area contributed by atoms with Crippen molar-refractivity contribution in [3.8, 4) is 5.75 Å². The summed E-state index contributed by atoms with van der Waals surface area (Å²) < 4.78 is 5.46. The molecule has 1 amide bonds. The molecule has 0 unspecified atom stereocenters. The molecule has 30 heavy (non-hydrogen) atoms. The van der Waals surface area contributed by atoms with Crippen LogP contribution >= 0.6 is 0 Å². The minimum atomic E-state index is -0.522. The van der Waals surface area contributed by atoms with E-state index in [1.807, 2.05) is 50.2 Å². The minimum Gasteiger partial charge on any atom is -0.496 e. The Morgan fingerprint density at radius 2 is 1.90 bits per heavy atom. The number of hydrogen-bond donors (Lipinski definition) is 2. The Morgan fingerprint density at radius 3 is 2.67 bits per heavy atom. The van der Waals surface area contributed by atoms with Crippen molar-refractivity contribution in [3.63, 3.8) is 0 Å². The molecule has 0 spiro atoms. The molecule has 0 saturated heterocycles. The molecule has 1 heterocycles. The number of aromatic amines is 1. The van der Waals surface area contributed by atoms with Gasteiger partial charge in [0.15, 0.2) is 5.78 Å². The van der Waals surface area contributed by atoms with Gasteiger partial charge in [0.1, 0.15) is 11.3 Å². The molecule has 1 aliphatic carbocycles. The average Bonchev–Trinajstić information content (AvgIpc) is 2.70. The molecule has 0 atom stereocenters. The molecule has 6 nitrogen and oxygen atoms in total. The molecule has 6 heteroatoms. The molecule has 1 aliphatic rings. The number of ketones is 1.